The highest BCUT2D eigenvalue weighted by molar-refractivity contribution is 5.76. The van der Waals surface area contributed by atoms with E-state index in [0.717, 1.165) is 29.8 Å². The average Bonchev–Trinajstić information content (AvgIpc) is 2.98. The highest BCUT2D eigenvalue weighted by atomic mass is 16.4. The molecule has 24 heavy (non-hydrogen) atoms. The van der Waals surface area contributed by atoms with Crippen molar-refractivity contribution in [1.82, 2.24) is 24.9 Å². The SMILES string of the molecule is Cc1nc2ncnn2c(C)c1CCC(=O)NCCCCCC(=O)O. The van der Waals surface area contributed by atoms with E-state index in [4.69, 9.17) is 5.11 Å². The Hall–Kier alpha value is -2.51. The molecule has 2 aromatic heterocycles. The van der Waals surface area contributed by atoms with Crippen molar-refractivity contribution in [2.45, 2.75) is 52.4 Å². The van der Waals surface area contributed by atoms with Crippen LogP contribution in [-0.2, 0) is 16.0 Å². The predicted octanol–water partition coefficient (Wildman–Crippen LogP) is 1.43. The lowest BCUT2D eigenvalue weighted by Gasteiger charge is -2.10. The fourth-order valence-corrected chi connectivity index (χ4v) is 2.65. The minimum Gasteiger partial charge on any atom is -0.481 e. The summed E-state index contributed by atoms with van der Waals surface area (Å²) in [6.07, 6.45) is 4.89. The van der Waals surface area contributed by atoms with Crippen LogP contribution in [0, 0.1) is 13.8 Å². The van der Waals surface area contributed by atoms with Gasteiger partial charge in [0.1, 0.15) is 6.33 Å². The summed E-state index contributed by atoms with van der Waals surface area (Å²) in [5, 5.41) is 15.6. The highest BCUT2D eigenvalue weighted by Gasteiger charge is 2.12. The lowest BCUT2D eigenvalue weighted by molar-refractivity contribution is -0.137. The Balaban J connectivity index is 1.77. The second kappa shape index (κ2) is 8.37. The molecule has 2 rings (SSSR count). The number of rotatable bonds is 9. The van der Waals surface area contributed by atoms with Gasteiger partial charge in [-0.2, -0.15) is 10.1 Å². The summed E-state index contributed by atoms with van der Waals surface area (Å²) in [6.45, 7) is 4.44. The molecule has 1 amide bonds. The Morgan fingerprint density at radius 1 is 1.21 bits per heavy atom. The number of aromatic nitrogens is 4. The molecule has 0 unspecified atom stereocenters. The molecule has 0 saturated heterocycles. The molecule has 0 fully saturated rings. The number of carbonyl (C=O) groups excluding carboxylic acids is 1. The van der Waals surface area contributed by atoms with Crippen molar-refractivity contribution in [3.63, 3.8) is 0 Å². The predicted molar refractivity (Wildman–Crippen MR) is 87.7 cm³/mol. The third kappa shape index (κ3) is 4.74. The van der Waals surface area contributed by atoms with Gasteiger partial charge in [0.15, 0.2) is 0 Å². The molecular weight excluding hydrogens is 310 g/mol. The van der Waals surface area contributed by atoms with Gasteiger partial charge in [0.2, 0.25) is 5.91 Å². The van der Waals surface area contributed by atoms with E-state index >= 15 is 0 Å². The molecule has 2 N–H and O–H groups in total. The third-order valence-corrected chi connectivity index (χ3v) is 3.98. The Morgan fingerprint density at radius 3 is 2.75 bits per heavy atom. The number of hydrogen-bond donors (Lipinski definition) is 2. The normalized spacial score (nSPS) is 10.9. The van der Waals surface area contributed by atoms with E-state index in [-0.39, 0.29) is 12.3 Å². The zero-order valence-corrected chi connectivity index (χ0v) is 14.1. The van der Waals surface area contributed by atoms with Crippen LogP contribution in [0.2, 0.25) is 0 Å². The van der Waals surface area contributed by atoms with Gasteiger partial charge in [0.05, 0.1) is 0 Å². The molecular formula is C16H23N5O3. The van der Waals surface area contributed by atoms with Gasteiger partial charge < -0.3 is 10.4 Å². The Bertz CT molecular complexity index is 726. The van der Waals surface area contributed by atoms with Crippen LogP contribution in [0.1, 0.15) is 49.1 Å². The summed E-state index contributed by atoms with van der Waals surface area (Å²) < 4.78 is 1.68. The van der Waals surface area contributed by atoms with Crippen molar-refractivity contribution in [3.8, 4) is 0 Å². The highest BCUT2D eigenvalue weighted by Crippen LogP contribution is 2.14. The first kappa shape index (κ1) is 17.8. The standard InChI is InChI=1S/C16H23N5O3/c1-11-13(12(2)21-16(20-11)18-10-19-21)7-8-14(22)17-9-5-3-4-6-15(23)24/h10H,3-9H2,1-2H3,(H,17,22)(H,23,24). The van der Waals surface area contributed by atoms with Crippen molar-refractivity contribution in [3.05, 3.63) is 23.3 Å². The van der Waals surface area contributed by atoms with Gasteiger partial charge in [-0.15, -0.1) is 0 Å². The van der Waals surface area contributed by atoms with Gasteiger partial charge in [0, 0.05) is 30.8 Å². The fourth-order valence-electron chi connectivity index (χ4n) is 2.65. The van der Waals surface area contributed by atoms with Crippen LogP contribution in [0.25, 0.3) is 5.78 Å². The molecule has 0 aliphatic heterocycles. The first-order valence-corrected chi connectivity index (χ1v) is 8.13. The van der Waals surface area contributed by atoms with Crippen LogP contribution in [-0.4, -0.2) is 43.1 Å². The van der Waals surface area contributed by atoms with Crippen LogP contribution in [0.15, 0.2) is 6.33 Å². The van der Waals surface area contributed by atoms with Gasteiger partial charge in [-0.3, -0.25) is 9.59 Å². The Morgan fingerprint density at radius 2 is 2.00 bits per heavy atom. The van der Waals surface area contributed by atoms with Crippen molar-refractivity contribution in [2.75, 3.05) is 6.54 Å². The van der Waals surface area contributed by atoms with Crippen molar-refractivity contribution in [1.29, 1.82) is 0 Å². The largest absolute Gasteiger partial charge is 0.481 e. The van der Waals surface area contributed by atoms with Crippen molar-refractivity contribution < 1.29 is 14.7 Å². The van der Waals surface area contributed by atoms with Crippen LogP contribution >= 0.6 is 0 Å². The molecule has 0 radical (unpaired) electrons. The van der Waals surface area contributed by atoms with E-state index in [2.05, 4.69) is 20.4 Å². The monoisotopic (exact) mass is 333 g/mol. The first-order chi connectivity index (χ1) is 11.5. The van der Waals surface area contributed by atoms with Crippen LogP contribution in [0.5, 0.6) is 0 Å². The summed E-state index contributed by atoms with van der Waals surface area (Å²) in [7, 11) is 0. The molecule has 0 aromatic carbocycles. The maximum atomic E-state index is 11.9. The van der Waals surface area contributed by atoms with Gasteiger partial charge in [-0.05, 0) is 38.7 Å². The van der Waals surface area contributed by atoms with E-state index in [1.807, 2.05) is 13.8 Å². The second-order valence-corrected chi connectivity index (χ2v) is 5.79. The van der Waals surface area contributed by atoms with E-state index in [0.29, 0.717) is 31.6 Å². The van der Waals surface area contributed by atoms with E-state index in [1.165, 1.54) is 6.33 Å². The molecule has 8 heteroatoms. The number of carboxylic acids is 1. The van der Waals surface area contributed by atoms with Crippen molar-refractivity contribution >= 4 is 17.7 Å². The number of amides is 1. The third-order valence-electron chi connectivity index (χ3n) is 3.98. The Kier molecular flexibility index (Phi) is 6.22. The number of nitrogens with one attached hydrogen (secondary N) is 1. The van der Waals surface area contributed by atoms with Crippen molar-refractivity contribution in [2.24, 2.45) is 0 Å². The zero-order chi connectivity index (χ0) is 17.5. The van der Waals surface area contributed by atoms with Gasteiger partial charge in [-0.1, -0.05) is 6.42 Å². The number of aryl methyl sites for hydroxylation is 2. The number of carboxylic acid groups (broad SMARTS) is 1. The molecule has 130 valence electrons. The number of carbonyl (C=O) groups is 2. The summed E-state index contributed by atoms with van der Waals surface area (Å²) in [5.41, 5.74) is 2.84. The van der Waals surface area contributed by atoms with Crippen LogP contribution in [0.3, 0.4) is 0 Å². The molecule has 8 nitrogen and oxygen atoms in total. The van der Waals surface area contributed by atoms with Gasteiger partial charge in [-0.25, -0.2) is 9.50 Å². The number of hydrogen-bond acceptors (Lipinski definition) is 5. The molecule has 0 saturated carbocycles. The second-order valence-electron chi connectivity index (χ2n) is 5.79. The number of fused-ring (bicyclic) bond motifs is 1. The lowest BCUT2D eigenvalue weighted by atomic mass is 10.1. The number of aliphatic carboxylic acids is 1. The maximum absolute atomic E-state index is 11.9. The quantitative estimate of drug-likeness (QED) is 0.672. The van der Waals surface area contributed by atoms with Crippen LogP contribution < -0.4 is 5.32 Å². The first-order valence-electron chi connectivity index (χ1n) is 8.13. The number of nitrogens with zero attached hydrogens (tertiary/aromatic N) is 4. The van der Waals surface area contributed by atoms with E-state index in [9.17, 15) is 9.59 Å². The summed E-state index contributed by atoms with van der Waals surface area (Å²) in [4.78, 5) is 30.8. The summed E-state index contributed by atoms with van der Waals surface area (Å²) in [5.74, 6) is -0.215. The molecule has 0 bridgehead atoms. The van der Waals surface area contributed by atoms with Gasteiger partial charge >= 0.3 is 5.97 Å². The molecule has 0 atom stereocenters. The summed E-state index contributed by atoms with van der Waals surface area (Å²) in [6, 6.07) is 0. The molecule has 0 spiro atoms. The smallest absolute Gasteiger partial charge is 0.303 e. The average molecular weight is 333 g/mol. The minimum atomic E-state index is -0.775. The zero-order valence-electron chi connectivity index (χ0n) is 14.1. The number of unbranched alkanes of at least 4 members (excludes halogenated alkanes) is 2. The van der Waals surface area contributed by atoms with E-state index in [1.54, 1.807) is 4.52 Å². The lowest BCUT2D eigenvalue weighted by Crippen LogP contribution is -2.25. The maximum Gasteiger partial charge on any atom is 0.303 e. The molecule has 2 heterocycles. The topological polar surface area (TPSA) is 109 Å². The summed E-state index contributed by atoms with van der Waals surface area (Å²) >= 11 is 0. The van der Waals surface area contributed by atoms with Gasteiger partial charge in [0.25, 0.3) is 5.78 Å². The molecule has 0 aliphatic rings. The minimum absolute atomic E-state index is 0.00859. The molecule has 2 aromatic rings. The Labute approximate surface area is 140 Å². The molecule has 0 aliphatic carbocycles. The van der Waals surface area contributed by atoms with E-state index < -0.39 is 5.97 Å². The van der Waals surface area contributed by atoms with Crippen LogP contribution in [0.4, 0.5) is 0 Å². The fraction of sp³-hybridized carbons (Fsp3) is 0.562.